The summed E-state index contributed by atoms with van der Waals surface area (Å²) in [5.41, 5.74) is 0.423. The zero-order chi connectivity index (χ0) is 20.5. The van der Waals surface area contributed by atoms with Crippen molar-refractivity contribution in [2.24, 2.45) is 0 Å². The van der Waals surface area contributed by atoms with E-state index in [0.29, 0.717) is 26.8 Å². The van der Waals surface area contributed by atoms with Crippen molar-refractivity contribution < 1.29 is 4.79 Å². The minimum atomic E-state index is -0.587. The standard InChI is InChI=1S/C21H13Cl2N3O3/c22-16-9-7-13(11-17(16)23)24-19(27)12-6-8-15-18(10-12)25-21(29)26(20(15)28)14-4-2-1-3-5-14/h1-11H,(H,24,27)(H,25,29). The lowest BCUT2D eigenvalue weighted by molar-refractivity contribution is 0.102. The summed E-state index contributed by atoms with van der Waals surface area (Å²) in [4.78, 5) is 40.5. The van der Waals surface area contributed by atoms with Crippen molar-refractivity contribution in [2.75, 3.05) is 5.32 Å². The van der Waals surface area contributed by atoms with Crippen molar-refractivity contribution in [3.05, 3.63) is 103 Å². The molecule has 0 aliphatic rings. The number of aromatic nitrogens is 2. The molecule has 4 rings (SSSR count). The monoisotopic (exact) mass is 425 g/mol. The van der Waals surface area contributed by atoms with Gasteiger partial charge in [0.15, 0.2) is 0 Å². The minimum absolute atomic E-state index is 0.272. The number of H-pyrrole nitrogens is 1. The van der Waals surface area contributed by atoms with Gasteiger partial charge in [-0.15, -0.1) is 0 Å². The lowest BCUT2D eigenvalue weighted by Crippen LogP contribution is -2.33. The number of hydrogen-bond acceptors (Lipinski definition) is 3. The molecule has 0 unspecified atom stereocenters. The van der Waals surface area contributed by atoms with Gasteiger partial charge in [-0.05, 0) is 48.5 Å². The van der Waals surface area contributed by atoms with Gasteiger partial charge in [0.25, 0.3) is 11.5 Å². The third-order valence-electron chi connectivity index (χ3n) is 4.35. The van der Waals surface area contributed by atoms with Crippen LogP contribution in [0.4, 0.5) is 5.69 Å². The first-order valence-corrected chi connectivity index (χ1v) is 9.30. The molecule has 4 aromatic rings. The van der Waals surface area contributed by atoms with Crippen molar-refractivity contribution in [3.8, 4) is 5.69 Å². The first kappa shape index (κ1) is 19.0. The number of hydrogen-bond donors (Lipinski definition) is 2. The first-order valence-electron chi connectivity index (χ1n) is 8.55. The van der Waals surface area contributed by atoms with Crippen LogP contribution >= 0.6 is 23.2 Å². The molecule has 3 aromatic carbocycles. The predicted octanol–water partition coefficient (Wildman–Crippen LogP) is 4.24. The summed E-state index contributed by atoms with van der Waals surface area (Å²) in [6.45, 7) is 0. The van der Waals surface area contributed by atoms with Crippen LogP contribution in [0.25, 0.3) is 16.6 Å². The molecule has 0 aliphatic carbocycles. The highest BCUT2D eigenvalue weighted by molar-refractivity contribution is 6.42. The van der Waals surface area contributed by atoms with Crippen LogP contribution in [0.15, 0.2) is 76.3 Å². The van der Waals surface area contributed by atoms with Gasteiger partial charge in [0, 0.05) is 11.3 Å². The van der Waals surface area contributed by atoms with Crippen molar-refractivity contribution >= 4 is 45.7 Å². The molecular weight excluding hydrogens is 413 g/mol. The molecule has 29 heavy (non-hydrogen) atoms. The average Bonchev–Trinajstić information content (AvgIpc) is 2.71. The number of rotatable bonds is 3. The summed E-state index contributed by atoms with van der Waals surface area (Å²) in [5.74, 6) is -0.418. The van der Waals surface area contributed by atoms with E-state index >= 15 is 0 Å². The van der Waals surface area contributed by atoms with Gasteiger partial charge in [-0.2, -0.15) is 0 Å². The number of anilines is 1. The number of halogens is 2. The van der Waals surface area contributed by atoms with E-state index in [1.54, 1.807) is 42.5 Å². The number of nitrogens with one attached hydrogen (secondary N) is 2. The number of benzene rings is 3. The third-order valence-corrected chi connectivity index (χ3v) is 5.09. The average molecular weight is 426 g/mol. The largest absolute Gasteiger partial charge is 0.333 e. The molecule has 1 amide bonds. The summed E-state index contributed by atoms with van der Waals surface area (Å²) >= 11 is 11.8. The highest BCUT2D eigenvalue weighted by Crippen LogP contribution is 2.25. The maximum absolute atomic E-state index is 12.8. The van der Waals surface area contributed by atoms with E-state index in [1.807, 2.05) is 0 Å². The van der Waals surface area contributed by atoms with Crippen LogP contribution in [0.2, 0.25) is 10.0 Å². The van der Waals surface area contributed by atoms with Gasteiger partial charge in [0.2, 0.25) is 0 Å². The highest BCUT2D eigenvalue weighted by Gasteiger charge is 2.13. The Hall–Kier alpha value is -3.35. The molecule has 1 aromatic heterocycles. The lowest BCUT2D eigenvalue weighted by Gasteiger charge is -2.09. The normalized spacial score (nSPS) is 10.8. The van der Waals surface area contributed by atoms with Gasteiger partial charge in [0.05, 0.1) is 26.6 Å². The quantitative estimate of drug-likeness (QED) is 0.514. The molecule has 1 heterocycles. The van der Waals surface area contributed by atoms with Crippen molar-refractivity contribution in [3.63, 3.8) is 0 Å². The van der Waals surface area contributed by atoms with Crippen LogP contribution in [0.5, 0.6) is 0 Å². The zero-order valence-corrected chi connectivity index (χ0v) is 16.3. The number of amides is 1. The van der Waals surface area contributed by atoms with E-state index in [9.17, 15) is 14.4 Å². The topological polar surface area (TPSA) is 84.0 Å². The molecular formula is C21H13Cl2N3O3. The van der Waals surface area contributed by atoms with E-state index in [2.05, 4.69) is 10.3 Å². The molecule has 0 atom stereocenters. The van der Waals surface area contributed by atoms with Crippen LogP contribution in [0.1, 0.15) is 10.4 Å². The van der Waals surface area contributed by atoms with Crippen molar-refractivity contribution in [1.82, 2.24) is 9.55 Å². The molecule has 6 nitrogen and oxygen atoms in total. The molecule has 0 fully saturated rings. The Labute approximate surface area is 174 Å². The number of para-hydroxylation sites is 1. The number of carbonyl (C=O) groups is 1. The summed E-state index contributed by atoms with van der Waals surface area (Å²) in [6, 6.07) is 17.8. The van der Waals surface area contributed by atoms with Gasteiger partial charge >= 0.3 is 5.69 Å². The maximum Gasteiger partial charge on any atom is 0.333 e. The van der Waals surface area contributed by atoms with Gasteiger partial charge in [-0.3, -0.25) is 9.59 Å². The molecule has 0 spiro atoms. The molecule has 0 radical (unpaired) electrons. The second-order valence-corrected chi connectivity index (χ2v) is 7.06. The van der Waals surface area contributed by atoms with Gasteiger partial charge in [0.1, 0.15) is 0 Å². The van der Waals surface area contributed by atoms with E-state index < -0.39 is 17.2 Å². The SMILES string of the molecule is O=C(Nc1ccc(Cl)c(Cl)c1)c1ccc2c(=O)n(-c3ccccc3)c(=O)[nH]c2c1. The van der Waals surface area contributed by atoms with E-state index in [1.165, 1.54) is 24.3 Å². The van der Waals surface area contributed by atoms with Crippen LogP contribution < -0.4 is 16.6 Å². The molecule has 0 aliphatic heterocycles. The minimum Gasteiger partial charge on any atom is -0.322 e. The number of carbonyl (C=O) groups excluding carboxylic acids is 1. The second-order valence-electron chi connectivity index (χ2n) is 6.25. The molecule has 0 saturated heterocycles. The number of fused-ring (bicyclic) bond motifs is 1. The summed E-state index contributed by atoms with van der Waals surface area (Å²) < 4.78 is 1.05. The lowest BCUT2D eigenvalue weighted by atomic mass is 10.1. The van der Waals surface area contributed by atoms with E-state index in [0.717, 1.165) is 4.57 Å². The molecule has 0 saturated carbocycles. The van der Waals surface area contributed by atoms with E-state index in [-0.39, 0.29) is 11.1 Å². The Bertz CT molecular complexity index is 1360. The number of aromatic amines is 1. The van der Waals surface area contributed by atoms with Gasteiger partial charge in [-0.1, -0.05) is 41.4 Å². The van der Waals surface area contributed by atoms with Gasteiger partial charge < -0.3 is 10.3 Å². The Kier molecular flexibility index (Phi) is 4.96. The van der Waals surface area contributed by atoms with Crippen LogP contribution in [-0.2, 0) is 0 Å². The summed E-state index contributed by atoms with van der Waals surface area (Å²) in [7, 11) is 0. The highest BCUT2D eigenvalue weighted by atomic mass is 35.5. The Morgan fingerprint density at radius 2 is 1.66 bits per heavy atom. The molecule has 0 bridgehead atoms. The first-order chi connectivity index (χ1) is 13.9. The molecule has 8 heteroatoms. The summed E-state index contributed by atoms with van der Waals surface area (Å²) in [5, 5.41) is 3.68. The summed E-state index contributed by atoms with van der Waals surface area (Å²) in [6.07, 6.45) is 0. The fraction of sp³-hybridized carbons (Fsp3) is 0. The van der Waals surface area contributed by atoms with Crippen molar-refractivity contribution in [1.29, 1.82) is 0 Å². The Morgan fingerprint density at radius 3 is 2.38 bits per heavy atom. The second kappa shape index (κ2) is 7.58. The zero-order valence-electron chi connectivity index (χ0n) is 14.8. The molecule has 2 N–H and O–H groups in total. The predicted molar refractivity (Wildman–Crippen MR) is 115 cm³/mol. The smallest absolute Gasteiger partial charge is 0.322 e. The fourth-order valence-electron chi connectivity index (χ4n) is 2.95. The van der Waals surface area contributed by atoms with E-state index in [4.69, 9.17) is 23.2 Å². The van der Waals surface area contributed by atoms with Crippen LogP contribution in [0, 0.1) is 0 Å². The fourth-order valence-corrected chi connectivity index (χ4v) is 3.25. The van der Waals surface area contributed by atoms with Crippen LogP contribution in [0.3, 0.4) is 0 Å². The maximum atomic E-state index is 12.8. The Morgan fingerprint density at radius 1 is 0.897 bits per heavy atom. The van der Waals surface area contributed by atoms with Crippen LogP contribution in [-0.4, -0.2) is 15.5 Å². The molecule has 144 valence electrons. The van der Waals surface area contributed by atoms with Crippen molar-refractivity contribution in [2.45, 2.75) is 0 Å². The van der Waals surface area contributed by atoms with Gasteiger partial charge in [-0.25, -0.2) is 9.36 Å². The Balaban J connectivity index is 1.73. The third kappa shape index (κ3) is 3.68. The number of nitrogens with zero attached hydrogens (tertiary/aromatic N) is 1.